The summed E-state index contributed by atoms with van der Waals surface area (Å²) in [5.74, 6) is -0.454. The molecule has 0 saturated heterocycles. The number of fused-ring (bicyclic) bond motifs is 1. The van der Waals surface area contributed by atoms with E-state index in [4.69, 9.17) is 9.47 Å². The van der Waals surface area contributed by atoms with E-state index in [2.05, 4.69) is 4.74 Å². The lowest BCUT2D eigenvalue weighted by Gasteiger charge is -2.07. The number of allylic oxidation sites excluding steroid dienone is 1. The minimum atomic E-state index is -0.483. The van der Waals surface area contributed by atoms with E-state index in [0.29, 0.717) is 28.0 Å². The molecule has 0 radical (unpaired) electrons. The smallest absolute Gasteiger partial charge is 0.343 e. The van der Waals surface area contributed by atoms with Gasteiger partial charge in [-0.1, -0.05) is 30.3 Å². The van der Waals surface area contributed by atoms with Gasteiger partial charge in [0.15, 0.2) is 5.76 Å². The molecule has 1 heterocycles. The number of ketones is 1. The van der Waals surface area contributed by atoms with Gasteiger partial charge in [-0.2, -0.15) is 0 Å². The number of benzene rings is 3. The van der Waals surface area contributed by atoms with E-state index < -0.39 is 11.9 Å². The zero-order chi connectivity index (χ0) is 22.0. The molecule has 4 rings (SSSR count). The van der Waals surface area contributed by atoms with Crippen molar-refractivity contribution in [2.75, 3.05) is 7.11 Å². The Labute approximate surface area is 178 Å². The summed E-state index contributed by atoms with van der Waals surface area (Å²) in [5.41, 5.74) is 2.76. The quantitative estimate of drug-likeness (QED) is 0.352. The van der Waals surface area contributed by atoms with Crippen molar-refractivity contribution in [2.24, 2.45) is 0 Å². The van der Waals surface area contributed by atoms with Gasteiger partial charge in [0.25, 0.3) is 0 Å². The molecule has 0 N–H and O–H groups in total. The van der Waals surface area contributed by atoms with Gasteiger partial charge >= 0.3 is 11.9 Å². The third-order valence-corrected chi connectivity index (χ3v) is 4.85. The van der Waals surface area contributed by atoms with Crippen LogP contribution in [0.4, 0.5) is 0 Å². The lowest BCUT2D eigenvalue weighted by molar-refractivity contribution is 0.0600. The van der Waals surface area contributed by atoms with Crippen LogP contribution in [0.25, 0.3) is 6.08 Å². The molecular formula is C25H18O6. The Kier molecular flexibility index (Phi) is 5.37. The maximum absolute atomic E-state index is 12.6. The fourth-order valence-corrected chi connectivity index (χ4v) is 3.18. The second-order valence-corrected chi connectivity index (χ2v) is 6.92. The molecule has 6 heteroatoms. The molecule has 0 aromatic heterocycles. The summed E-state index contributed by atoms with van der Waals surface area (Å²) >= 11 is 0. The lowest BCUT2D eigenvalue weighted by atomic mass is 10.1. The molecule has 0 bridgehead atoms. The number of esters is 2. The van der Waals surface area contributed by atoms with Crippen molar-refractivity contribution < 1.29 is 28.6 Å². The molecule has 3 aromatic carbocycles. The number of aryl methyl sites for hydroxylation is 1. The molecule has 3 aromatic rings. The van der Waals surface area contributed by atoms with E-state index in [9.17, 15) is 14.4 Å². The Balaban J connectivity index is 1.53. The van der Waals surface area contributed by atoms with E-state index in [1.165, 1.54) is 13.2 Å². The van der Waals surface area contributed by atoms with Crippen molar-refractivity contribution in [3.8, 4) is 11.5 Å². The Bertz CT molecular complexity index is 1220. The summed E-state index contributed by atoms with van der Waals surface area (Å²) in [5, 5.41) is 0. The predicted octanol–water partition coefficient (Wildman–Crippen LogP) is 4.62. The van der Waals surface area contributed by atoms with Crippen molar-refractivity contribution in [3.63, 3.8) is 0 Å². The number of carbonyl (C=O) groups excluding carboxylic acids is 3. The second-order valence-electron chi connectivity index (χ2n) is 6.92. The maximum atomic E-state index is 12.6. The molecule has 0 unspecified atom stereocenters. The van der Waals surface area contributed by atoms with Crippen molar-refractivity contribution in [1.29, 1.82) is 0 Å². The molecular weight excluding hydrogens is 396 g/mol. The van der Waals surface area contributed by atoms with Crippen LogP contribution in [0.2, 0.25) is 0 Å². The summed E-state index contributed by atoms with van der Waals surface area (Å²) < 4.78 is 15.8. The second kappa shape index (κ2) is 8.28. The van der Waals surface area contributed by atoms with Gasteiger partial charge in [0.1, 0.15) is 11.5 Å². The zero-order valence-electron chi connectivity index (χ0n) is 16.9. The van der Waals surface area contributed by atoms with Crippen LogP contribution in [-0.2, 0) is 4.74 Å². The Morgan fingerprint density at radius 3 is 2.39 bits per heavy atom. The number of hydrogen-bond donors (Lipinski definition) is 0. The highest BCUT2D eigenvalue weighted by Crippen LogP contribution is 2.35. The van der Waals surface area contributed by atoms with Gasteiger partial charge in [0.05, 0.1) is 23.8 Å². The van der Waals surface area contributed by atoms with Gasteiger partial charge in [-0.05, 0) is 54.5 Å². The highest BCUT2D eigenvalue weighted by molar-refractivity contribution is 6.14. The predicted molar refractivity (Wildman–Crippen MR) is 113 cm³/mol. The summed E-state index contributed by atoms with van der Waals surface area (Å²) in [7, 11) is 1.31. The minimum absolute atomic E-state index is 0.142. The molecule has 0 fully saturated rings. The van der Waals surface area contributed by atoms with Crippen LogP contribution in [-0.4, -0.2) is 24.8 Å². The Morgan fingerprint density at radius 1 is 0.935 bits per heavy atom. The highest BCUT2D eigenvalue weighted by Gasteiger charge is 2.28. The first-order chi connectivity index (χ1) is 15.0. The van der Waals surface area contributed by atoms with E-state index in [1.54, 1.807) is 54.6 Å². The number of carbonyl (C=O) groups is 3. The van der Waals surface area contributed by atoms with Crippen LogP contribution in [0.15, 0.2) is 72.5 Å². The molecule has 31 heavy (non-hydrogen) atoms. The summed E-state index contributed by atoms with van der Waals surface area (Å²) in [6.45, 7) is 1.83. The first-order valence-corrected chi connectivity index (χ1v) is 9.51. The standard InChI is InChI=1S/C25H18O6/c1-15-5-3-4-6-19(15)25(28)30-18-11-12-20-21(14-18)31-22(23(20)26)13-16-7-9-17(10-8-16)24(27)29-2/h3-14H,1-2H3/b22-13-. The van der Waals surface area contributed by atoms with Gasteiger partial charge in [-0.3, -0.25) is 4.79 Å². The average Bonchev–Trinajstić information content (AvgIpc) is 3.08. The Hall–Kier alpha value is -4.19. The van der Waals surface area contributed by atoms with Gasteiger partial charge in [0.2, 0.25) is 5.78 Å². The third kappa shape index (κ3) is 4.09. The van der Waals surface area contributed by atoms with Crippen molar-refractivity contribution in [1.82, 2.24) is 0 Å². The van der Waals surface area contributed by atoms with Crippen LogP contribution in [0.5, 0.6) is 11.5 Å². The fraction of sp³-hybridized carbons (Fsp3) is 0.0800. The number of ether oxygens (including phenoxy) is 3. The summed E-state index contributed by atoms with van der Waals surface area (Å²) in [4.78, 5) is 36.6. The van der Waals surface area contributed by atoms with Crippen molar-refractivity contribution in [3.05, 3.63) is 100 Å². The maximum Gasteiger partial charge on any atom is 0.343 e. The van der Waals surface area contributed by atoms with E-state index in [1.807, 2.05) is 19.1 Å². The van der Waals surface area contributed by atoms with Gasteiger partial charge < -0.3 is 14.2 Å². The van der Waals surface area contributed by atoms with Gasteiger partial charge in [0, 0.05) is 6.07 Å². The number of methoxy groups -OCH3 is 1. The van der Waals surface area contributed by atoms with Crippen molar-refractivity contribution >= 4 is 23.8 Å². The van der Waals surface area contributed by atoms with E-state index in [0.717, 1.165) is 5.56 Å². The molecule has 154 valence electrons. The SMILES string of the molecule is COC(=O)c1ccc(/C=C2\Oc3cc(OC(=O)c4ccccc4C)ccc3C2=O)cc1. The average molecular weight is 414 g/mol. The fourth-order valence-electron chi connectivity index (χ4n) is 3.18. The van der Waals surface area contributed by atoms with Crippen LogP contribution in [0.1, 0.15) is 42.2 Å². The molecule has 0 amide bonds. The van der Waals surface area contributed by atoms with E-state index >= 15 is 0 Å². The van der Waals surface area contributed by atoms with Gasteiger partial charge in [-0.15, -0.1) is 0 Å². The van der Waals surface area contributed by atoms with E-state index in [-0.39, 0.29) is 17.3 Å². The van der Waals surface area contributed by atoms with Crippen LogP contribution >= 0.6 is 0 Å². The largest absolute Gasteiger partial charge is 0.465 e. The normalized spacial score (nSPS) is 13.5. The first kappa shape index (κ1) is 20.1. The zero-order valence-corrected chi connectivity index (χ0v) is 16.9. The first-order valence-electron chi connectivity index (χ1n) is 9.51. The van der Waals surface area contributed by atoms with Crippen LogP contribution < -0.4 is 9.47 Å². The number of Topliss-reactive ketones (excluding diaryl/α,β-unsaturated/α-hetero) is 1. The van der Waals surface area contributed by atoms with Gasteiger partial charge in [-0.25, -0.2) is 9.59 Å². The number of rotatable bonds is 4. The lowest BCUT2D eigenvalue weighted by Crippen LogP contribution is -2.10. The number of hydrogen-bond acceptors (Lipinski definition) is 6. The molecule has 0 aliphatic carbocycles. The van der Waals surface area contributed by atoms with Crippen LogP contribution in [0.3, 0.4) is 0 Å². The van der Waals surface area contributed by atoms with Crippen molar-refractivity contribution in [2.45, 2.75) is 6.92 Å². The molecule has 0 spiro atoms. The van der Waals surface area contributed by atoms with Crippen LogP contribution in [0, 0.1) is 6.92 Å². The topological polar surface area (TPSA) is 78.9 Å². The summed E-state index contributed by atoms with van der Waals surface area (Å²) in [6, 6.07) is 18.4. The minimum Gasteiger partial charge on any atom is -0.465 e. The molecule has 0 saturated carbocycles. The Morgan fingerprint density at radius 2 is 1.68 bits per heavy atom. The molecule has 1 aliphatic heterocycles. The third-order valence-electron chi connectivity index (χ3n) is 4.85. The monoisotopic (exact) mass is 414 g/mol. The molecule has 6 nitrogen and oxygen atoms in total. The summed E-state index contributed by atoms with van der Waals surface area (Å²) in [6.07, 6.45) is 1.59. The molecule has 0 atom stereocenters. The molecule has 1 aliphatic rings. The highest BCUT2D eigenvalue weighted by atomic mass is 16.5.